The summed E-state index contributed by atoms with van der Waals surface area (Å²) in [4.78, 5) is 24.5. The Labute approximate surface area is 105 Å². The standard InChI is InChI=1S/C13H15NO4/c1-17-13(16)11-6-10(9-15)7-12(8-11)14-2-4-18-5-3-14/h6-9H,2-5H2,1H3. The molecular weight excluding hydrogens is 234 g/mol. The second-order valence-corrected chi connectivity index (χ2v) is 4.02. The molecule has 1 aromatic carbocycles. The zero-order chi connectivity index (χ0) is 13.0. The van der Waals surface area contributed by atoms with Gasteiger partial charge in [-0.25, -0.2) is 4.79 Å². The number of morpholine rings is 1. The first-order chi connectivity index (χ1) is 8.74. The first kappa shape index (κ1) is 12.6. The summed E-state index contributed by atoms with van der Waals surface area (Å²) in [5.41, 5.74) is 1.71. The Morgan fingerprint density at radius 3 is 2.67 bits per heavy atom. The highest BCUT2D eigenvalue weighted by molar-refractivity contribution is 5.93. The summed E-state index contributed by atoms with van der Waals surface area (Å²) in [6.07, 6.45) is 0.733. The lowest BCUT2D eigenvalue weighted by Gasteiger charge is -2.29. The van der Waals surface area contributed by atoms with Crippen molar-refractivity contribution >= 4 is 17.9 Å². The summed E-state index contributed by atoms with van der Waals surface area (Å²) in [6, 6.07) is 5.04. The maximum Gasteiger partial charge on any atom is 0.337 e. The van der Waals surface area contributed by atoms with Crippen LogP contribution in [0.25, 0.3) is 0 Å². The number of esters is 1. The third-order valence-corrected chi connectivity index (χ3v) is 2.87. The van der Waals surface area contributed by atoms with Crippen molar-refractivity contribution < 1.29 is 19.1 Å². The van der Waals surface area contributed by atoms with Crippen LogP contribution in [0, 0.1) is 0 Å². The van der Waals surface area contributed by atoms with Gasteiger partial charge in [-0.3, -0.25) is 4.79 Å². The molecule has 18 heavy (non-hydrogen) atoms. The van der Waals surface area contributed by atoms with Gasteiger partial charge in [0, 0.05) is 24.3 Å². The van der Waals surface area contributed by atoms with E-state index in [0.717, 1.165) is 25.1 Å². The number of ether oxygens (including phenoxy) is 2. The van der Waals surface area contributed by atoms with Crippen molar-refractivity contribution in [1.82, 2.24) is 0 Å². The zero-order valence-electron chi connectivity index (χ0n) is 10.2. The summed E-state index contributed by atoms with van der Waals surface area (Å²) in [5.74, 6) is -0.437. The normalized spacial score (nSPS) is 15.3. The van der Waals surface area contributed by atoms with E-state index in [2.05, 4.69) is 9.64 Å². The minimum Gasteiger partial charge on any atom is -0.465 e. The van der Waals surface area contributed by atoms with Crippen LogP contribution < -0.4 is 4.90 Å². The fraction of sp³-hybridized carbons (Fsp3) is 0.385. The minimum atomic E-state index is -0.437. The summed E-state index contributed by atoms with van der Waals surface area (Å²) < 4.78 is 9.95. The second kappa shape index (κ2) is 5.64. The topological polar surface area (TPSA) is 55.8 Å². The number of aldehydes is 1. The fourth-order valence-electron chi connectivity index (χ4n) is 1.94. The molecular formula is C13H15NO4. The van der Waals surface area contributed by atoms with Crippen LogP contribution in [0.5, 0.6) is 0 Å². The average Bonchev–Trinajstić information content (AvgIpc) is 2.46. The van der Waals surface area contributed by atoms with Gasteiger partial charge in [-0.05, 0) is 18.2 Å². The van der Waals surface area contributed by atoms with E-state index < -0.39 is 5.97 Å². The van der Waals surface area contributed by atoms with E-state index in [1.807, 2.05) is 0 Å². The predicted molar refractivity (Wildman–Crippen MR) is 66.2 cm³/mol. The van der Waals surface area contributed by atoms with E-state index in [1.165, 1.54) is 13.2 Å². The highest BCUT2D eigenvalue weighted by Crippen LogP contribution is 2.20. The Morgan fingerprint density at radius 2 is 2.06 bits per heavy atom. The Hall–Kier alpha value is -1.88. The third kappa shape index (κ3) is 2.68. The van der Waals surface area contributed by atoms with Crippen LogP contribution in [-0.4, -0.2) is 45.7 Å². The van der Waals surface area contributed by atoms with Crippen molar-refractivity contribution in [2.24, 2.45) is 0 Å². The van der Waals surface area contributed by atoms with E-state index in [0.29, 0.717) is 24.3 Å². The van der Waals surface area contributed by atoms with Gasteiger partial charge in [0.25, 0.3) is 0 Å². The smallest absolute Gasteiger partial charge is 0.337 e. The van der Waals surface area contributed by atoms with Crippen LogP contribution in [0.15, 0.2) is 18.2 Å². The van der Waals surface area contributed by atoms with Gasteiger partial charge >= 0.3 is 5.97 Å². The molecule has 0 bridgehead atoms. The summed E-state index contributed by atoms with van der Waals surface area (Å²) >= 11 is 0. The number of methoxy groups -OCH3 is 1. The summed E-state index contributed by atoms with van der Waals surface area (Å²) in [5, 5.41) is 0. The van der Waals surface area contributed by atoms with Gasteiger partial charge in [-0.1, -0.05) is 0 Å². The second-order valence-electron chi connectivity index (χ2n) is 4.02. The SMILES string of the molecule is COC(=O)c1cc(C=O)cc(N2CCOCC2)c1. The van der Waals surface area contributed by atoms with Crippen molar-refractivity contribution in [2.75, 3.05) is 38.3 Å². The molecule has 0 aliphatic carbocycles. The first-order valence-electron chi connectivity index (χ1n) is 5.76. The Balaban J connectivity index is 2.33. The van der Waals surface area contributed by atoms with Crippen molar-refractivity contribution in [2.45, 2.75) is 0 Å². The molecule has 5 heteroatoms. The number of rotatable bonds is 3. The van der Waals surface area contributed by atoms with Gasteiger partial charge in [0.05, 0.1) is 25.9 Å². The molecule has 0 atom stereocenters. The van der Waals surface area contributed by atoms with Gasteiger partial charge < -0.3 is 14.4 Å². The molecule has 0 spiro atoms. The van der Waals surface area contributed by atoms with E-state index in [4.69, 9.17) is 4.74 Å². The summed E-state index contributed by atoms with van der Waals surface area (Å²) in [6.45, 7) is 2.81. The van der Waals surface area contributed by atoms with E-state index in [-0.39, 0.29) is 0 Å². The molecule has 0 N–H and O–H groups in total. The van der Waals surface area contributed by atoms with E-state index >= 15 is 0 Å². The van der Waals surface area contributed by atoms with Crippen molar-refractivity contribution in [3.63, 3.8) is 0 Å². The van der Waals surface area contributed by atoms with Crippen LogP contribution in [0.1, 0.15) is 20.7 Å². The first-order valence-corrected chi connectivity index (χ1v) is 5.76. The molecule has 0 radical (unpaired) electrons. The molecule has 1 aliphatic rings. The van der Waals surface area contributed by atoms with Crippen LogP contribution in [0.2, 0.25) is 0 Å². The molecule has 1 aromatic rings. The van der Waals surface area contributed by atoms with Crippen LogP contribution in [0.3, 0.4) is 0 Å². The van der Waals surface area contributed by atoms with Crippen LogP contribution in [-0.2, 0) is 9.47 Å². The quantitative estimate of drug-likeness (QED) is 0.593. The molecule has 0 unspecified atom stereocenters. The third-order valence-electron chi connectivity index (χ3n) is 2.87. The average molecular weight is 249 g/mol. The number of benzene rings is 1. The lowest BCUT2D eigenvalue weighted by Crippen LogP contribution is -2.36. The molecule has 5 nitrogen and oxygen atoms in total. The molecule has 1 aliphatic heterocycles. The molecule has 2 rings (SSSR count). The lowest BCUT2D eigenvalue weighted by molar-refractivity contribution is 0.0600. The minimum absolute atomic E-state index is 0.392. The molecule has 0 saturated carbocycles. The number of carbonyl (C=O) groups excluding carboxylic acids is 2. The van der Waals surface area contributed by atoms with Gasteiger partial charge in [-0.2, -0.15) is 0 Å². The van der Waals surface area contributed by atoms with Crippen molar-refractivity contribution in [3.05, 3.63) is 29.3 Å². The zero-order valence-corrected chi connectivity index (χ0v) is 10.2. The molecule has 1 fully saturated rings. The Kier molecular flexibility index (Phi) is 3.94. The lowest BCUT2D eigenvalue weighted by atomic mass is 10.1. The fourth-order valence-corrected chi connectivity index (χ4v) is 1.94. The largest absolute Gasteiger partial charge is 0.465 e. The number of nitrogens with zero attached hydrogens (tertiary/aromatic N) is 1. The Bertz CT molecular complexity index is 452. The molecule has 0 amide bonds. The summed E-state index contributed by atoms with van der Waals surface area (Å²) in [7, 11) is 1.32. The molecule has 96 valence electrons. The highest BCUT2D eigenvalue weighted by atomic mass is 16.5. The maximum atomic E-state index is 11.5. The van der Waals surface area contributed by atoms with Gasteiger partial charge in [-0.15, -0.1) is 0 Å². The van der Waals surface area contributed by atoms with Gasteiger partial charge in [0.1, 0.15) is 6.29 Å². The Morgan fingerprint density at radius 1 is 1.33 bits per heavy atom. The van der Waals surface area contributed by atoms with Gasteiger partial charge in [0.2, 0.25) is 0 Å². The monoisotopic (exact) mass is 249 g/mol. The maximum absolute atomic E-state index is 11.5. The number of anilines is 1. The molecule has 1 saturated heterocycles. The van der Waals surface area contributed by atoms with E-state index in [1.54, 1.807) is 12.1 Å². The van der Waals surface area contributed by atoms with Gasteiger partial charge in [0.15, 0.2) is 0 Å². The highest BCUT2D eigenvalue weighted by Gasteiger charge is 2.15. The van der Waals surface area contributed by atoms with Crippen LogP contribution >= 0.6 is 0 Å². The van der Waals surface area contributed by atoms with Crippen molar-refractivity contribution in [3.8, 4) is 0 Å². The predicted octanol–water partition coefficient (Wildman–Crippen LogP) is 1.12. The number of hydrogen-bond donors (Lipinski definition) is 0. The number of hydrogen-bond acceptors (Lipinski definition) is 5. The molecule has 1 heterocycles. The van der Waals surface area contributed by atoms with Crippen molar-refractivity contribution in [1.29, 1.82) is 0 Å². The van der Waals surface area contributed by atoms with E-state index in [9.17, 15) is 9.59 Å². The molecule has 0 aromatic heterocycles. The van der Waals surface area contributed by atoms with Crippen LogP contribution in [0.4, 0.5) is 5.69 Å². The number of carbonyl (C=O) groups is 2.